The summed E-state index contributed by atoms with van der Waals surface area (Å²) in [5.41, 5.74) is 1.55. The number of benzene rings is 1. The first kappa shape index (κ1) is 24.5. The van der Waals surface area contributed by atoms with Crippen LogP contribution < -0.4 is 5.32 Å². The molecule has 0 bridgehead atoms. The average Bonchev–Trinajstić information content (AvgIpc) is 3.07. The van der Waals surface area contributed by atoms with Crippen LogP contribution in [0.2, 0.25) is 0 Å². The summed E-state index contributed by atoms with van der Waals surface area (Å²) in [5, 5.41) is 12.2. The third-order valence-corrected chi connectivity index (χ3v) is 5.87. The maximum absolute atomic E-state index is 12.8. The molecule has 1 heterocycles. The number of carbonyl (C=O) groups is 2. The number of aryl methyl sites for hydroxylation is 1. The second kappa shape index (κ2) is 11.6. The Labute approximate surface area is 192 Å². The summed E-state index contributed by atoms with van der Waals surface area (Å²) in [7, 11) is 0. The van der Waals surface area contributed by atoms with Crippen molar-refractivity contribution in [2.24, 2.45) is 5.92 Å². The van der Waals surface area contributed by atoms with Crippen molar-refractivity contribution in [3.63, 3.8) is 0 Å². The lowest BCUT2D eigenvalue weighted by Gasteiger charge is -2.17. The van der Waals surface area contributed by atoms with E-state index in [2.05, 4.69) is 59.6 Å². The number of nitrogens with one attached hydrogen (secondary N) is 1. The lowest BCUT2D eigenvalue weighted by molar-refractivity contribution is 0.0695. The maximum Gasteiger partial charge on any atom is 0.336 e. The number of nitrogens with zero attached hydrogens (tertiary/aromatic N) is 2. The highest BCUT2D eigenvalue weighted by Gasteiger charge is 2.19. The smallest absolute Gasteiger partial charge is 0.336 e. The van der Waals surface area contributed by atoms with Gasteiger partial charge in [-0.25, -0.2) is 9.78 Å². The van der Waals surface area contributed by atoms with E-state index in [1.807, 2.05) is 4.57 Å². The third-order valence-electron chi connectivity index (χ3n) is 4.77. The van der Waals surface area contributed by atoms with Gasteiger partial charge in [0, 0.05) is 35.4 Å². The van der Waals surface area contributed by atoms with Gasteiger partial charge in [0.15, 0.2) is 0 Å². The highest BCUT2D eigenvalue weighted by molar-refractivity contribution is 9.10. The van der Waals surface area contributed by atoms with Crippen molar-refractivity contribution in [2.75, 3.05) is 5.75 Å². The summed E-state index contributed by atoms with van der Waals surface area (Å²) in [6.07, 6.45) is 5.43. The summed E-state index contributed by atoms with van der Waals surface area (Å²) in [4.78, 5) is 28.6. The van der Waals surface area contributed by atoms with E-state index in [0.29, 0.717) is 28.4 Å². The van der Waals surface area contributed by atoms with E-state index in [0.717, 1.165) is 37.1 Å². The molecule has 30 heavy (non-hydrogen) atoms. The molecule has 0 spiro atoms. The molecule has 0 saturated carbocycles. The Kier molecular flexibility index (Phi) is 9.42. The van der Waals surface area contributed by atoms with Gasteiger partial charge in [0.25, 0.3) is 5.91 Å². The van der Waals surface area contributed by atoms with Gasteiger partial charge in [-0.2, -0.15) is 12.6 Å². The number of unbranched alkanes of at least 4 members (excludes halogenated alkanes) is 1. The third kappa shape index (κ3) is 6.87. The standard InChI is InChI=1S/C22H30BrN3O3S/c1-4-5-6-20-25-19(21(27)24-16(13-30)9-14(2)3)12-26(20)11-15-7-8-17(22(28)29)18(23)10-15/h7-8,10,12,14,16,30H,4-6,9,11,13H2,1-3H3,(H,24,27)(H,28,29)/t16-/m1/s1. The highest BCUT2D eigenvalue weighted by atomic mass is 79.9. The molecular weight excluding hydrogens is 466 g/mol. The molecule has 0 saturated heterocycles. The van der Waals surface area contributed by atoms with Crippen molar-refractivity contribution < 1.29 is 14.7 Å². The van der Waals surface area contributed by atoms with Crippen LogP contribution in [0.4, 0.5) is 0 Å². The van der Waals surface area contributed by atoms with E-state index in [4.69, 9.17) is 0 Å². The molecular formula is C22H30BrN3O3S. The second-order valence-electron chi connectivity index (χ2n) is 7.88. The van der Waals surface area contributed by atoms with Crippen molar-refractivity contribution in [3.05, 3.63) is 51.5 Å². The van der Waals surface area contributed by atoms with Gasteiger partial charge in [0.05, 0.1) is 5.56 Å². The van der Waals surface area contributed by atoms with Crippen LogP contribution in [0.15, 0.2) is 28.9 Å². The molecule has 6 nitrogen and oxygen atoms in total. The van der Waals surface area contributed by atoms with E-state index in [1.165, 1.54) is 0 Å². The van der Waals surface area contributed by atoms with Gasteiger partial charge in [0.2, 0.25) is 0 Å². The summed E-state index contributed by atoms with van der Waals surface area (Å²) < 4.78 is 2.51. The van der Waals surface area contributed by atoms with E-state index in [9.17, 15) is 14.7 Å². The van der Waals surface area contributed by atoms with E-state index < -0.39 is 5.97 Å². The van der Waals surface area contributed by atoms with Crippen LogP contribution in [0.5, 0.6) is 0 Å². The molecule has 8 heteroatoms. The Bertz CT molecular complexity index is 883. The molecule has 1 aromatic carbocycles. The number of carbonyl (C=O) groups excluding carboxylic acids is 1. The number of aromatic nitrogens is 2. The zero-order valence-corrected chi connectivity index (χ0v) is 20.2. The monoisotopic (exact) mass is 495 g/mol. The first-order chi connectivity index (χ1) is 14.2. The van der Waals surface area contributed by atoms with E-state index >= 15 is 0 Å². The lowest BCUT2D eigenvalue weighted by atomic mass is 10.1. The first-order valence-electron chi connectivity index (χ1n) is 10.2. The van der Waals surface area contributed by atoms with Crippen molar-refractivity contribution in [1.82, 2.24) is 14.9 Å². The number of carboxylic acids is 1. The molecule has 2 aromatic rings. The Balaban J connectivity index is 2.24. The SMILES string of the molecule is CCCCc1nc(C(=O)N[C@@H](CS)CC(C)C)cn1Cc1ccc(C(=O)O)c(Br)c1. The van der Waals surface area contributed by atoms with Gasteiger partial charge in [-0.15, -0.1) is 0 Å². The topological polar surface area (TPSA) is 84.2 Å². The molecule has 164 valence electrons. The number of carboxylic acid groups (broad SMARTS) is 1. The maximum atomic E-state index is 12.8. The van der Waals surface area contributed by atoms with Crippen molar-refractivity contribution in [3.8, 4) is 0 Å². The van der Waals surface area contributed by atoms with Crippen LogP contribution in [-0.4, -0.2) is 38.3 Å². The minimum Gasteiger partial charge on any atom is -0.478 e. The molecule has 0 aliphatic rings. The van der Waals surface area contributed by atoms with Crippen LogP contribution >= 0.6 is 28.6 Å². The summed E-state index contributed by atoms with van der Waals surface area (Å²) in [6, 6.07) is 5.18. The molecule has 1 amide bonds. The Morgan fingerprint density at radius 2 is 2.07 bits per heavy atom. The number of imidazole rings is 1. The number of thiol groups is 1. The second-order valence-corrected chi connectivity index (χ2v) is 9.10. The Hall–Kier alpha value is -1.80. The Morgan fingerprint density at radius 1 is 1.33 bits per heavy atom. The van der Waals surface area contributed by atoms with Crippen LogP contribution in [0.25, 0.3) is 0 Å². The number of halogens is 1. The van der Waals surface area contributed by atoms with Crippen LogP contribution in [-0.2, 0) is 13.0 Å². The summed E-state index contributed by atoms with van der Waals surface area (Å²) >= 11 is 7.69. The normalized spacial score (nSPS) is 12.2. The van der Waals surface area contributed by atoms with Crippen molar-refractivity contribution in [2.45, 2.75) is 59.0 Å². The quantitative estimate of drug-likeness (QED) is 0.390. The van der Waals surface area contributed by atoms with E-state index in [-0.39, 0.29) is 17.5 Å². The fourth-order valence-electron chi connectivity index (χ4n) is 3.27. The molecule has 0 unspecified atom stereocenters. The fraction of sp³-hybridized carbons (Fsp3) is 0.500. The van der Waals surface area contributed by atoms with Gasteiger partial charge in [0.1, 0.15) is 11.5 Å². The minimum absolute atomic E-state index is 0.00425. The van der Waals surface area contributed by atoms with Gasteiger partial charge in [-0.1, -0.05) is 33.3 Å². The molecule has 1 atom stereocenters. The molecule has 2 N–H and O–H groups in total. The first-order valence-corrected chi connectivity index (χ1v) is 11.7. The average molecular weight is 496 g/mol. The summed E-state index contributed by atoms with van der Waals surface area (Å²) in [6.45, 7) is 6.87. The van der Waals surface area contributed by atoms with Crippen molar-refractivity contribution >= 4 is 40.4 Å². The van der Waals surface area contributed by atoms with Gasteiger partial charge >= 0.3 is 5.97 Å². The predicted molar refractivity (Wildman–Crippen MR) is 126 cm³/mol. The number of hydrogen-bond donors (Lipinski definition) is 3. The number of amides is 1. The molecule has 0 fully saturated rings. The van der Waals surface area contributed by atoms with Gasteiger partial charge < -0.3 is 15.0 Å². The number of hydrogen-bond acceptors (Lipinski definition) is 4. The van der Waals surface area contributed by atoms with Gasteiger partial charge in [-0.3, -0.25) is 4.79 Å². The zero-order valence-electron chi connectivity index (χ0n) is 17.7. The van der Waals surface area contributed by atoms with E-state index in [1.54, 1.807) is 24.4 Å². The van der Waals surface area contributed by atoms with Crippen LogP contribution in [0.3, 0.4) is 0 Å². The summed E-state index contributed by atoms with van der Waals surface area (Å²) in [5.74, 6) is 0.739. The lowest BCUT2D eigenvalue weighted by Crippen LogP contribution is -2.37. The van der Waals surface area contributed by atoms with Crippen molar-refractivity contribution in [1.29, 1.82) is 0 Å². The zero-order chi connectivity index (χ0) is 22.3. The highest BCUT2D eigenvalue weighted by Crippen LogP contribution is 2.20. The molecule has 2 rings (SSSR count). The number of aromatic carboxylic acids is 1. The number of rotatable bonds is 11. The van der Waals surface area contributed by atoms with Crippen LogP contribution in [0, 0.1) is 5.92 Å². The molecule has 0 aliphatic heterocycles. The predicted octanol–water partition coefficient (Wildman–Crippen LogP) is 4.81. The van der Waals surface area contributed by atoms with Crippen LogP contribution in [0.1, 0.15) is 72.3 Å². The molecule has 0 aliphatic carbocycles. The fourth-order valence-corrected chi connectivity index (χ4v) is 4.11. The Morgan fingerprint density at radius 3 is 2.63 bits per heavy atom. The largest absolute Gasteiger partial charge is 0.478 e. The molecule has 0 radical (unpaired) electrons. The van der Waals surface area contributed by atoms with Gasteiger partial charge in [-0.05, 0) is 52.4 Å². The minimum atomic E-state index is -0.973. The molecule has 1 aromatic heterocycles.